The molecule has 140 valence electrons. The summed E-state index contributed by atoms with van der Waals surface area (Å²) in [5.74, 6) is 2.28. The van der Waals surface area contributed by atoms with Crippen LogP contribution in [0.3, 0.4) is 0 Å². The smallest absolute Gasteiger partial charge is 0.230 e. The lowest BCUT2D eigenvalue weighted by Crippen LogP contribution is -2.26. The van der Waals surface area contributed by atoms with Gasteiger partial charge in [-0.05, 0) is 62.1 Å². The van der Waals surface area contributed by atoms with Gasteiger partial charge in [0, 0.05) is 17.3 Å². The minimum absolute atomic E-state index is 0.0876. The highest BCUT2D eigenvalue weighted by molar-refractivity contribution is 7.99. The molecule has 0 atom stereocenters. The van der Waals surface area contributed by atoms with Gasteiger partial charge in [-0.1, -0.05) is 35.9 Å². The van der Waals surface area contributed by atoms with Crippen LogP contribution < -0.4 is 10.1 Å². The second-order valence-electron chi connectivity index (χ2n) is 6.38. The topological polar surface area (TPSA) is 38.3 Å². The monoisotopic (exact) mass is 391 g/mol. The van der Waals surface area contributed by atoms with Crippen LogP contribution in [0.4, 0.5) is 0 Å². The van der Waals surface area contributed by atoms with Gasteiger partial charge in [-0.25, -0.2) is 0 Å². The summed E-state index contributed by atoms with van der Waals surface area (Å²) in [7, 11) is 0. The van der Waals surface area contributed by atoms with Gasteiger partial charge in [0.15, 0.2) is 0 Å². The summed E-state index contributed by atoms with van der Waals surface area (Å²) in [5.41, 5.74) is 2.43. The molecule has 0 aliphatic heterocycles. The lowest BCUT2D eigenvalue weighted by molar-refractivity contribution is -0.118. The van der Waals surface area contributed by atoms with Crippen LogP contribution in [0.5, 0.6) is 5.75 Å². The summed E-state index contributed by atoms with van der Waals surface area (Å²) < 4.78 is 5.64. The Kier molecular flexibility index (Phi) is 8.86. The van der Waals surface area contributed by atoms with E-state index in [-0.39, 0.29) is 12.0 Å². The maximum absolute atomic E-state index is 11.9. The molecule has 0 aromatic heterocycles. The third-order valence-electron chi connectivity index (χ3n) is 3.67. The molecule has 2 aromatic carbocycles. The van der Waals surface area contributed by atoms with Gasteiger partial charge in [-0.3, -0.25) is 4.79 Å². The number of rotatable bonds is 10. The highest BCUT2D eigenvalue weighted by Crippen LogP contribution is 2.16. The molecule has 3 nitrogen and oxygen atoms in total. The highest BCUT2D eigenvalue weighted by atomic mass is 35.5. The van der Waals surface area contributed by atoms with Crippen LogP contribution in [0.15, 0.2) is 48.5 Å². The van der Waals surface area contributed by atoms with Crippen molar-refractivity contribution in [3.63, 3.8) is 0 Å². The summed E-state index contributed by atoms with van der Waals surface area (Å²) in [6, 6.07) is 15.9. The SMILES string of the molecule is CC(C)Oc1ccc(CCCNC(=O)CSCc2ccc(Cl)cc2)cc1. The summed E-state index contributed by atoms with van der Waals surface area (Å²) in [6.45, 7) is 4.74. The first-order chi connectivity index (χ1) is 12.5. The summed E-state index contributed by atoms with van der Waals surface area (Å²) in [5, 5.41) is 3.72. The van der Waals surface area contributed by atoms with Gasteiger partial charge in [0.2, 0.25) is 5.91 Å². The van der Waals surface area contributed by atoms with E-state index >= 15 is 0 Å². The van der Waals surface area contributed by atoms with Crippen LogP contribution >= 0.6 is 23.4 Å². The number of halogens is 1. The molecule has 0 unspecified atom stereocenters. The molecular weight excluding hydrogens is 366 g/mol. The summed E-state index contributed by atoms with van der Waals surface area (Å²) in [4.78, 5) is 11.9. The number of nitrogens with one attached hydrogen (secondary N) is 1. The first-order valence-electron chi connectivity index (χ1n) is 8.87. The van der Waals surface area contributed by atoms with Crippen molar-refractivity contribution in [2.45, 2.75) is 38.5 Å². The lowest BCUT2D eigenvalue weighted by Gasteiger charge is -2.10. The van der Waals surface area contributed by atoms with Crippen molar-refractivity contribution < 1.29 is 9.53 Å². The average Bonchev–Trinajstić information content (AvgIpc) is 2.61. The normalized spacial score (nSPS) is 10.8. The molecule has 0 bridgehead atoms. The fourth-order valence-electron chi connectivity index (χ4n) is 2.42. The number of hydrogen-bond donors (Lipinski definition) is 1. The van der Waals surface area contributed by atoms with Crippen LogP contribution in [-0.2, 0) is 17.0 Å². The second kappa shape index (κ2) is 11.1. The Morgan fingerprint density at radius 2 is 1.73 bits per heavy atom. The van der Waals surface area contributed by atoms with E-state index in [2.05, 4.69) is 17.4 Å². The third-order valence-corrected chi connectivity index (χ3v) is 4.93. The Bertz CT molecular complexity index is 671. The zero-order valence-corrected chi connectivity index (χ0v) is 16.9. The molecule has 1 N–H and O–H groups in total. The molecule has 2 rings (SSSR count). The highest BCUT2D eigenvalue weighted by Gasteiger charge is 2.03. The molecule has 26 heavy (non-hydrogen) atoms. The molecule has 0 fully saturated rings. The Labute approximate surface area is 165 Å². The van der Waals surface area contributed by atoms with Crippen molar-refractivity contribution in [1.29, 1.82) is 0 Å². The van der Waals surface area contributed by atoms with Gasteiger partial charge < -0.3 is 10.1 Å². The van der Waals surface area contributed by atoms with Crippen molar-refractivity contribution >= 4 is 29.3 Å². The van der Waals surface area contributed by atoms with Crippen LogP contribution in [0.2, 0.25) is 5.02 Å². The minimum Gasteiger partial charge on any atom is -0.491 e. The molecule has 0 saturated heterocycles. The molecule has 0 saturated carbocycles. The van der Waals surface area contributed by atoms with E-state index in [1.54, 1.807) is 11.8 Å². The van der Waals surface area contributed by atoms with E-state index in [0.29, 0.717) is 12.3 Å². The number of benzene rings is 2. The average molecular weight is 392 g/mol. The maximum atomic E-state index is 11.9. The Balaban J connectivity index is 1.57. The first kappa shape index (κ1) is 20.7. The molecule has 0 spiro atoms. The quantitative estimate of drug-likeness (QED) is 0.572. The molecule has 0 heterocycles. The number of ether oxygens (including phenoxy) is 1. The second-order valence-corrected chi connectivity index (χ2v) is 7.81. The van der Waals surface area contributed by atoms with Gasteiger partial charge >= 0.3 is 0 Å². The van der Waals surface area contributed by atoms with Crippen LogP contribution in [0, 0.1) is 0 Å². The van der Waals surface area contributed by atoms with Gasteiger partial charge in [-0.15, -0.1) is 11.8 Å². The Morgan fingerprint density at radius 3 is 2.38 bits per heavy atom. The number of amides is 1. The van der Waals surface area contributed by atoms with Crippen molar-refractivity contribution in [3.8, 4) is 5.75 Å². The van der Waals surface area contributed by atoms with Gasteiger partial charge in [0.1, 0.15) is 5.75 Å². The number of aryl methyl sites for hydroxylation is 1. The zero-order chi connectivity index (χ0) is 18.8. The van der Waals surface area contributed by atoms with E-state index in [1.807, 2.05) is 50.2 Å². The maximum Gasteiger partial charge on any atom is 0.230 e. The van der Waals surface area contributed by atoms with E-state index in [9.17, 15) is 4.79 Å². The summed E-state index contributed by atoms with van der Waals surface area (Å²) >= 11 is 7.47. The van der Waals surface area contributed by atoms with Crippen molar-refractivity contribution in [1.82, 2.24) is 5.32 Å². The van der Waals surface area contributed by atoms with E-state index in [4.69, 9.17) is 16.3 Å². The molecular formula is C21H26ClNO2S. The first-order valence-corrected chi connectivity index (χ1v) is 10.4. The van der Waals surface area contributed by atoms with Crippen LogP contribution in [0.25, 0.3) is 0 Å². The van der Waals surface area contributed by atoms with Crippen molar-refractivity contribution in [3.05, 3.63) is 64.7 Å². The molecule has 1 amide bonds. The largest absolute Gasteiger partial charge is 0.491 e. The fourth-order valence-corrected chi connectivity index (χ4v) is 3.36. The molecule has 0 aliphatic carbocycles. The van der Waals surface area contributed by atoms with Gasteiger partial charge in [-0.2, -0.15) is 0 Å². The standard InChI is InChI=1S/C21H26ClNO2S/c1-16(2)25-20-11-7-17(8-12-20)4-3-13-23-21(24)15-26-14-18-5-9-19(22)10-6-18/h5-12,16H,3-4,13-15H2,1-2H3,(H,23,24). The zero-order valence-electron chi connectivity index (χ0n) is 15.3. The lowest BCUT2D eigenvalue weighted by atomic mass is 10.1. The number of hydrogen-bond acceptors (Lipinski definition) is 3. The number of carbonyl (C=O) groups is 1. The van der Waals surface area contributed by atoms with Crippen molar-refractivity contribution in [2.24, 2.45) is 0 Å². The minimum atomic E-state index is 0.0876. The van der Waals surface area contributed by atoms with Gasteiger partial charge in [0.05, 0.1) is 11.9 Å². The Hall–Kier alpha value is -1.65. The van der Waals surface area contributed by atoms with Crippen molar-refractivity contribution in [2.75, 3.05) is 12.3 Å². The van der Waals surface area contributed by atoms with E-state index < -0.39 is 0 Å². The fraction of sp³-hybridized carbons (Fsp3) is 0.381. The molecule has 2 aromatic rings. The molecule has 0 aliphatic rings. The predicted molar refractivity (Wildman–Crippen MR) is 111 cm³/mol. The number of thioether (sulfide) groups is 1. The third kappa shape index (κ3) is 8.15. The van der Waals surface area contributed by atoms with E-state index in [1.165, 1.54) is 11.1 Å². The number of carbonyl (C=O) groups excluding carboxylic acids is 1. The summed E-state index contributed by atoms with van der Waals surface area (Å²) in [6.07, 6.45) is 2.06. The molecule has 0 radical (unpaired) electrons. The predicted octanol–water partition coefficient (Wildman–Crippen LogP) is 5.11. The van der Waals surface area contributed by atoms with Crippen LogP contribution in [-0.4, -0.2) is 24.3 Å². The van der Waals surface area contributed by atoms with Gasteiger partial charge in [0.25, 0.3) is 0 Å². The molecule has 5 heteroatoms. The van der Waals surface area contributed by atoms with Crippen LogP contribution in [0.1, 0.15) is 31.4 Å². The van der Waals surface area contributed by atoms with E-state index in [0.717, 1.165) is 29.4 Å². The Morgan fingerprint density at radius 1 is 1.08 bits per heavy atom.